The third-order valence-corrected chi connectivity index (χ3v) is 3.22. The normalized spacial score (nSPS) is 15.7. The molecular formula is C14H10O3. The molecule has 0 fully saturated rings. The number of aliphatic hydroxyl groups is 1. The maximum absolute atomic E-state index is 11.8. The molecule has 1 aliphatic carbocycles. The molecule has 1 aliphatic rings. The van der Waals surface area contributed by atoms with Crippen LogP contribution in [0, 0.1) is 0 Å². The Bertz CT molecular complexity index is 591. The first-order valence-electron chi connectivity index (χ1n) is 5.69. The molecule has 0 saturated heterocycles. The van der Waals surface area contributed by atoms with Gasteiger partial charge < -0.3 is 10.2 Å². The van der Waals surface area contributed by atoms with Gasteiger partial charge in [-0.15, -0.1) is 0 Å². The largest absolute Gasteiger partial charge is 0.479 e. The van der Waals surface area contributed by atoms with E-state index in [4.69, 9.17) is 1.43 Å². The number of rotatable bonds is 1. The molecule has 2 aromatic carbocycles. The highest BCUT2D eigenvalue weighted by Gasteiger charge is 2.47. The van der Waals surface area contributed by atoms with Gasteiger partial charge >= 0.3 is 5.97 Å². The first kappa shape index (κ1) is 8.96. The van der Waals surface area contributed by atoms with E-state index in [0.29, 0.717) is 11.1 Å². The summed E-state index contributed by atoms with van der Waals surface area (Å²) in [6.07, 6.45) is 0. The Labute approximate surface area is 99.5 Å². The van der Waals surface area contributed by atoms with E-state index in [-0.39, 0.29) is 0 Å². The van der Waals surface area contributed by atoms with E-state index in [0.717, 1.165) is 11.1 Å². The summed E-state index contributed by atoms with van der Waals surface area (Å²) in [5.74, 6) is -0.986. The predicted octanol–water partition coefficient (Wildman–Crippen LogP) is 1.99. The summed E-state index contributed by atoms with van der Waals surface area (Å²) < 4.78 is 6.77. The lowest BCUT2D eigenvalue weighted by Gasteiger charge is -2.19. The van der Waals surface area contributed by atoms with Gasteiger partial charge in [0.2, 0.25) is 5.60 Å². The molecule has 0 aromatic heterocycles. The van der Waals surface area contributed by atoms with Crippen molar-refractivity contribution < 1.29 is 15.0 Å². The summed E-state index contributed by atoms with van der Waals surface area (Å²) in [4.78, 5) is 11.8. The van der Waals surface area contributed by atoms with E-state index in [1.54, 1.807) is 24.3 Å². The third-order valence-electron chi connectivity index (χ3n) is 3.22. The van der Waals surface area contributed by atoms with Gasteiger partial charge in [-0.05, 0) is 11.1 Å². The van der Waals surface area contributed by atoms with Crippen molar-refractivity contribution in [2.45, 2.75) is 5.60 Å². The Kier molecular flexibility index (Phi) is 1.68. The second kappa shape index (κ2) is 3.18. The van der Waals surface area contributed by atoms with E-state index >= 15 is 0 Å². The quantitative estimate of drug-likeness (QED) is 0.784. The second-order valence-corrected chi connectivity index (χ2v) is 4.09. The fourth-order valence-corrected chi connectivity index (χ4v) is 2.43. The molecule has 2 aromatic rings. The Balaban J connectivity index is 2.37. The monoisotopic (exact) mass is 228 g/mol. The molecule has 0 bridgehead atoms. The lowest BCUT2D eigenvalue weighted by Crippen LogP contribution is -2.34. The molecule has 84 valence electrons. The molecule has 0 spiro atoms. The van der Waals surface area contributed by atoms with Crippen molar-refractivity contribution in [1.29, 1.82) is 1.43 Å². The van der Waals surface area contributed by atoms with Crippen LogP contribution >= 0.6 is 0 Å². The van der Waals surface area contributed by atoms with Crippen molar-refractivity contribution in [1.82, 2.24) is 0 Å². The van der Waals surface area contributed by atoms with Gasteiger partial charge in [0.25, 0.3) is 1.43 Å². The van der Waals surface area contributed by atoms with E-state index in [2.05, 4.69) is 5.11 Å². The van der Waals surface area contributed by atoms with Gasteiger partial charge in [-0.1, -0.05) is 48.5 Å². The molecule has 0 unspecified atom stereocenters. The highest BCUT2D eigenvalue weighted by molar-refractivity contribution is 5.95. The number of fused-ring (bicyclic) bond motifs is 3. The molecule has 17 heavy (non-hydrogen) atoms. The van der Waals surface area contributed by atoms with Gasteiger partial charge in [-0.2, -0.15) is 0 Å². The Morgan fingerprint density at radius 3 is 1.94 bits per heavy atom. The van der Waals surface area contributed by atoms with E-state index in [1.165, 1.54) is 0 Å². The van der Waals surface area contributed by atoms with Gasteiger partial charge in [-0.3, -0.25) is 0 Å². The van der Waals surface area contributed by atoms with Gasteiger partial charge in [0.05, 0.1) is 0 Å². The lowest BCUT2D eigenvalue weighted by atomic mass is 9.92. The zero-order valence-corrected chi connectivity index (χ0v) is 8.88. The zero-order chi connectivity index (χ0) is 12.8. The van der Waals surface area contributed by atoms with E-state index in [9.17, 15) is 9.90 Å². The molecular weight excluding hydrogens is 216 g/mol. The number of aliphatic carboxylic acids is 1. The van der Waals surface area contributed by atoms with Crippen LogP contribution in [0.1, 0.15) is 11.1 Å². The molecule has 0 aliphatic heterocycles. The Morgan fingerprint density at radius 1 is 1.00 bits per heavy atom. The van der Waals surface area contributed by atoms with Gasteiger partial charge in [-0.25, -0.2) is 4.79 Å². The van der Waals surface area contributed by atoms with Crippen molar-refractivity contribution in [3.05, 3.63) is 59.7 Å². The molecule has 3 rings (SSSR count). The Morgan fingerprint density at radius 2 is 1.47 bits per heavy atom. The number of benzene rings is 2. The zero-order valence-electron chi connectivity index (χ0n) is 9.88. The Hall–Kier alpha value is -2.13. The van der Waals surface area contributed by atoms with Crippen LogP contribution in [0.25, 0.3) is 12.6 Å². The predicted molar refractivity (Wildman–Crippen MR) is 62.5 cm³/mol. The first-order chi connectivity index (χ1) is 8.69. The van der Waals surface area contributed by atoms with Crippen molar-refractivity contribution in [3.8, 4) is 11.1 Å². The topological polar surface area (TPSA) is 57.5 Å². The summed E-state index contributed by atoms with van der Waals surface area (Å²) in [6, 6.07) is 14.2. The minimum absolute atomic E-state index is 0.462. The van der Waals surface area contributed by atoms with Crippen molar-refractivity contribution >= 4 is 5.97 Å². The van der Waals surface area contributed by atoms with Crippen molar-refractivity contribution in [3.63, 3.8) is 0 Å². The van der Waals surface area contributed by atoms with Crippen molar-refractivity contribution in [2.24, 2.45) is 0 Å². The lowest BCUT2D eigenvalue weighted by molar-refractivity contribution is -0.154. The van der Waals surface area contributed by atoms with Crippen LogP contribution in [0.3, 0.4) is 0 Å². The summed E-state index contributed by atoms with van der Waals surface area (Å²) in [5, 5.41) is 14.7. The molecule has 0 atom stereocenters. The van der Waals surface area contributed by atoms with Crippen LogP contribution in [0.2, 0.25) is 0 Å². The molecule has 0 heterocycles. The summed E-state index contributed by atoms with van der Waals surface area (Å²) in [7, 11) is 0. The van der Waals surface area contributed by atoms with E-state index in [1.807, 2.05) is 24.3 Å². The van der Waals surface area contributed by atoms with Crippen LogP contribution in [0.4, 0.5) is 0 Å². The average molecular weight is 228 g/mol. The molecule has 2 N–H and O–H groups in total. The number of carboxylic acid groups (broad SMARTS) is 1. The van der Waals surface area contributed by atoms with E-state index < -0.39 is 11.6 Å². The van der Waals surface area contributed by atoms with Gasteiger partial charge in [0, 0.05) is 11.1 Å². The minimum atomic E-state index is -1.88. The second-order valence-electron chi connectivity index (χ2n) is 4.09. The molecule has 0 amide bonds. The first-order valence-corrected chi connectivity index (χ1v) is 5.29. The number of carboxylic acids is 1. The van der Waals surface area contributed by atoms with Gasteiger partial charge in [0.1, 0.15) is 0 Å². The molecule has 3 heteroatoms. The smallest absolute Gasteiger partial charge is 0.345 e. The standard InChI is InChI=1S/C14H10O3/c15-13(16)14(17)11-7-3-1-5-9(11)10-6-2-4-8-12(10)14/h1-8,17H,(H,15,16)/i/hT. The fourth-order valence-electron chi connectivity index (χ4n) is 2.43. The SMILES string of the molecule is [3H]OC(=O)C1(O)c2ccccc2-c2ccccc21. The summed E-state index contributed by atoms with van der Waals surface area (Å²) in [6.45, 7) is 0. The fraction of sp³-hybridized carbons (Fsp3) is 0.0714. The highest BCUT2D eigenvalue weighted by Crippen LogP contribution is 2.47. The van der Waals surface area contributed by atoms with Crippen molar-refractivity contribution in [2.75, 3.05) is 0 Å². The van der Waals surface area contributed by atoms with Crippen LogP contribution in [-0.2, 0) is 10.4 Å². The molecule has 0 radical (unpaired) electrons. The minimum Gasteiger partial charge on any atom is -0.479 e. The number of carbonyl (C=O) groups is 1. The maximum atomic E-state index is 11.8. The average Bonchev–Trinajstić information content (AvgIpc) is 2.70. The van der Waals surface area contributed by atoms with Crippen LogP contribution in [0.15, 0.2) is 48.5 Å². The van der Waals surface area contributed by atoms with Crippen LogP contribution in [-0.4, -0.2) is 16.2 Å². The van der Waals surface area contributed by atoms with Crippen LogP contribution in [0.5, 0.6) is 0 Å². The third kappa shape index (κ3) is 1.11. The van der Waals surface area contributed by atoms with Gasteiger partial charge in [0.15, 0.2) is 0 Å². The highest BCUT2D eigenvalue weighted by atomic mass is 16.4. The van der Waals surface area contributed by atoms with Crippen LogP contribution < -0.4 is 0 Å². The molecule has 0 saturated carbocycles. The summed E-state index contributed by atoms with van der Waals surface area (Å²) >= 11 is 0. The maximum Gasteiger partial charge on any atom is 0.345 e. The number of hydrogen-bond donors (Lipinski definition) is 2. The summed E-state index contributed by atoms with van der Waals surface area (Å²) in [5.41, 5.74) is 0.628. The number of hydrogen-bond acceptors (Lipinski definition) is 3. The molecule has 3 nitrogen and oxygen atoms in total.